The van der Waals surface area contributed by atoms with E-state index < -0.39 is 0 Å². The molecule has 2 aromatic rings. The number of nitrogen functional groups attached to an aromatic ring is 1. The van der Waals surface area contributed by atoms with Crippen LogP contribution in [0.15, 0.2) is 11.4 Å². The quantitative estimate of drug-likeness (QED) is 0.936. The molecule has 0 aromatic carbocycles. The summed E-state index contributed by atoms with van der Waals surface area (Å²) in [5.41, 5.74) is 7.73. The van der Waals surface area contributed by atoms with Crippen molar-refractivity contribution in [3.63, 3.8) is 0 Å². The first-order chi connectivity index (χ1) is 9.25. The molecule has 0 unspecified atom stereocenters. The molecule has 0 amide bonds. The van der Waals surface area contributed by atoms with Crippen LogP contribution in [0.4, 0.5) is 5.82 Å². The van der Waals surface area contributed by atoms with E-state index in [9.17, 15) is 0 Å². The van der Waals surface area contributed by atoms with Crippen molar-refractivity contribution in [2.24, 2.45) is 5.92 Å². The number of hydrogen-bond acceptors (Lipinski definition) is 5. The van der Waals surface area contributed by atoms with E-state index in [2.05, 4.69) is 49.6 Å². The Kier molecular flexibility index (Phi) is 4.09. The third-order valence-corrected chi connectivity index (χ3v) is 4.06. The Morgan fingerprint density at radius 3 is 2.45 bits per heavy atom. The summed E-state index contributed by atoms with van der Waals surface area (Å²) < 4.78 is 0. The number of thiazole rings is 1. The van der Waals surface area contributed by atoms with Gasteiger partial charge in [0.1, 0.15) is 11.5 Å². The van der Waals surface area contributed by atoms with Crippen LogP contribution in [0.5, 0.6) is 0 Å². The van der Waals surface area contributed by atoms with Gasteiger partial charge in [-0.15, -0.1) is 11.3 Å². The van der Waals surface area contributed by atoms with Crippen LogP contribution in [0.2, 0.25) is 0 Å². The molecule has 0 aliphatic heterocycles. The molecule has 0 radical (unpaired) electrons. The average molecular weight is 290 g/mol. The number of nitrogens with zero attached hydrogens (tertiary/aromatic N) is 3. The van der Waals surface area contributed by atoms with Gasteiger partial charge in [0.25, 0.3) is 0 Å². The smallest absolute Gasteiger partial charge is 0.181 e. The van der Waals surface area contributed by atoms with Crippen LogP contribution in [0.25, 0.3) is 11.5 Å². The molecule has 108 valence electrons. The number of nitrogens with two attached hydrogens (primary N) is 1. The zero-order chi connectivity index (χ0) is 14.9. The third kappa shape index (κ3) is 3.54. The van der Waals surface area contributed by atoms with Crippen LogP contribution in [0, 0.1) is 5.92 Å². The highest BCUT2D eigenvalue weighted by Crippen LogP contribution is 2.29. The fraction of sp³-hybridized carbons (Fsp3) is 0.533. The summed E-state index contributed by atoms with van der Waals surface area (Å²) in [6, 6.07) is 1.85. The summed E-state index contributed by atoms with van der Waals surface area (Å²) in [6.07, 6.45) is 0.899. The molecular formula is C15H22N4S. The summed E-state index contributed by atoms with van der Waals surface area (Å²) in [7, 11) is 0. The zero-order valence-electron chi connectivity index (χ0n) is 12.8. The standard InChI is InChI=1S/C15H22N4S/c1-9(2)6-10-7-12(16)19-13(17-10)11-8-20-14(18-11)15(3,4)5/h7-9H,6H2,1-5H3,(H2,16,17,19). The van der Waals surface area contributed by atoms with Crippen LogP contribution in [-0.4, -0.2) is 15.0 Å². The summed E-state index contributed by atoms with van der Waals surface area (Å²) in [5, 5.41) is 3.10. The lowest BCUT2D eigenvalue weighted by atomic mass is 9.98. The van der Waals surface area contributed by atoms with E-state index >= 15 is 0 Å². The Balaban J connectivity index is 2.37. The van der Waals surface area contributed by atoms with Gasteiger partial charge in [-0.25, -0.2) is 15.0 Å². The normalized spacial score (nSPS) is 12.1. The Bertz CT molecular complexity index is 596. The second kappa shape index (κ2) is 5.48. The fourth-order valence-corrected chi connectivity index (χ4v) is 2.76. The molecule has 5 heteroatoms. The number of hydrogen-bond donors (Lipinski definition) is 1. The molecule has 0 aliphatic carbocycles. The van der Waals surface area contributed by atoms with Crippen molar-refractivity contribution in [3.8, 4) is 11.5 Å². The predicted octanol–water partition coefficient (Wildman–Crippen LogP) is 3.68. The Morgan fingerprint density at radius 2 is 1.90 bits per heavy atom. The minimum absolute atomic E-state index is 0.0456. The molecular weight excluding hydrogens is 268 g/mol. The lowest BCUT2D eigenvalue weighted by Gasteiger charge is -2.13. The van der Waals surface area contributed by atoms with E-state index in [1.807, 2.05) is 11.4 Å². The van der Waals surface area contributed by atoms with Crippen molar-refractivity contribution in [3.05, 3.63) is 22.1 Å². The van der Waals surface area contributed by atoms with Crippen molar-refractivity contribution >= 4 is 17.2 Å². The molecule has 2 rings (SSSR count). The van der Waals surface area contributed by atoms with Gasteiger partial charge >= 0.3 is 0 Å². The SMILES string of the molecule is CC(C)Cc1cc(N)nc(-c2csc(C(C)(C)C)n2)n1. The van der Waals surface area contributed by atoms with Gasteiger partial charge in [0.2, 0.25) is 0 Å². The number of aromatic nitrogens is 3. The van der Waals surface area contributed by atoms with Crippen LogP contribution >= 0.6 is 11.3 Å². The van der Waals surface area contributed by atoms with E-state index in [1.54, 1.807) is 11.3 Å². The maximum Gasteiger partial charge on any atom is 0.181 e. The van der Waals surface area contributed by atoms with E-state index in [0.717, 1.165) is 22.8 Å². The molecule has 0 saturated carbocycles. The minimum atomic E-state index is 0.0456. The summed E-state index contributed by atoms with van der Waals surface area (Å²) in [4.78, 5) is 13.6. The molecule has 0 atom stereocenters. The highest BCUT2D eigenvalue weighted by Gasteiger charge is 2.19. The molecule has 0 aliphatic rings. The average Bonchev–Trinajstić information content (AvgIpc) is 2.75. The molecule has 20 heavy (non-hydrogen) atoms. The predicted molar refractivity (Wildman–Crippen MR) is 84.8 cm³/mol. The molecule has 0 bridgehead atoms. The first-order valence-electron chi connectivity index (χ1n) is 6.85. The van der Waals surface area contributed by atoms with Crippen LogP contribution in [-0.2, 0) is 11.8 Å². The van der Waals surface area contributed by atoms with Gasteiger partial charge in [0.15, 0.2) is 5.82 Å². The van der Waals surface area contributed by atoms with Gasteiger partial charge in [-0.1, -0.05) is 34.6 Å². The molecule has 0 saturated heterocycles. The van der Waals surface area contributed by atoms with Crippen LogP contribution in [0.3, 0.4) is 0 Å². The van der Waals surface area contributed by atoms with Crippen molar-refractivity contribution in [1.82, 2.24) is 15.0 Å². The van der Waals surface area contributed by atoms with Gasteiger partial charge in [0, 0.05) is 22.6 Å². The highest BCUT2D eigenvalue weighted by molar-refractivity contribution is 7.10. The largest absolute Gasteiger partial charge is 0.384 e. The fourth-order valence-electron chi connectivity index (χ4n) is 1.88. The van der Waals surface area contributed by atoms with Crippen molar-refractivity contribution < 1.29 is 0 Å². The lowest BCUT2D eigenvalue weighted by molar-refractivity contribution is 0.585. The Morgan fingerprint density at radius 1 is 1.20 bits per heavy atom. The second-order valence-electron chi connectivity index (χ2n) is 6.49. The van der Waals surface area contributed by atoms with Gasteiger partial charge in [0.05, 0.1) is 5.01 Å². The van der Waals surface area contributed by atoms with Crippen LogP contribution in [0.1, 0.15) is 45.3 Å². The minimum Gasteiger partial charge on any atom is -0.384 e. The molecule has 2 aromatic heterocycles. The molecule has 4 nitrogen and oxygen atoms in total. The second-order valence-corrected chi connectivity index (χ2v) is 7.35. The zero-order valence-corrected chi connectivity index (χ0v) is 13.6. The van der Waals surface area contributed by atoms with Crippen LogP contribution < -0.4 is 5.73 Å². The number of rotatable bonds is 3. The van der Waals surface area contributed by atoms with E-state index in [0.29, 0.717) is 17.6 Å². The molecule has 0 fully saturated rings. The first kappa shape index (κ1) is 14.9. The summed E-state index contributed by atoms with van der Waals surface area (Å²) in [5.74, 6) is 1.68. The van der Waals surface area contributed by atoms with E-state index in [4.69, 9.17) is 5.73 Å². The summed E-state index contributed by atoms with van der Waals surface area (Å²) >= 11 is 1.65. The van der Waals surface area contributed by atoms with E-state index in [-0.39, 0.29) is 5.41 Å². The lowest BCUT2D eigenvalue weighted by Crippen LogP contribution is -2.10. The maximum atomic E-state index is 5.89. The Hall–Kier alpha value is -1.49. The van der Waals surface area contributed by atoms with Gasteiger partial charge in [-0.3, -0.25) is 0 Å². The summed E-state index contributed by atoms with van der Waals surface area (Å²) in [6.45, 7) is 10.8. The van der Waals surface area contributed by atoms with Crippen molar-refractivity contribution in [1.29, 1.82) is 0 Å². The molecule has 2 N–H and O–H groups in total. The maximum absolute atomic E-state index is 5.89. The molecule has 0 spiro atoms. The van der Waals surface area contributed by atoms with Gasteiger partial charge < -0.3 is 5.73 Å². The van der Waals surface area contributed by atoms with E-state index in [1.165, 1.54) is 0 Å². The monoisotopic (exact) mass is 290 g/mol. The van der Waals surface area contributed by atoms with Crippen molar-refractivity contribution in [2.45, 2.75) is 46.5 Å². The topological polar surface area (TPSA) is 64.7 Å². The van der Waals surface area contributed by atoms with Crippen molar-refractivity contribution in [2.75, 3.05) is 5.73 Å². The Labute approximate surface area is 124 Å². The number of anilines is 1. The van der Waals surface area contributed by atoms with Gasteiger partial charge in [-0.2, -0.15) is 0 Å². The first-order valence-corrected chi connectivity index (χ1v) is 7.73. The highest BCUT2D eigenvalue weighted by atomic mass is 32.1. The third-order valence-electron chi connectivity index (χ3n) is 2.79. The van der Waals surface area contributed by atoms with Gasteiger partial charge in [-0.05, 0) is 12.3 Å². The molecule has 2 heterocycles.